The van der Waals surface area contributed by atoms with Crippen molar-refractivity contribution >= 4 is 17.7 Å². The molecule has 0 radical (unpaired) electrons. The molecular formula is C21H23ClN2O. The maximum atomic E-state index is 13.4. The third-order valence-corrected chi connectivity index (χ3v) is 5.82. The molecule has 130 valence electrons. The molecule has 4 heteroatoms. The summed E-state index contributed by atoms with van der Waals surface area (Å²) >= 11 is 6.38. The van der Waals surface area contributed by atoms with Crippen molar-refractivity contribution in [3.63, 3.8) is 0 Å². The fraction of sp³-hybridized carbons (Fsp3) is 0.381. The topological polar surface area (TPSA) is 23.6 Å². The number of fused-ring (bicyclic) bond motifs is 3. The second-order valence-electron chi connectivity index (χ2n) is 7.15. The molecule has 2 aliphatic heterocycles. The number of carbonyl (C=O) groups is 1. The molecule has 1 fully saturated rings. The van der Waals surface area contributed by atoms with Gasteiger partial charge in [-0.3, -0.25) is 4.79 Å². The Morgan fingerprint density at radius 1 is 1.12 bits per heavy atom. The Balaban J connectivity index is 1.79. The summed E-state index contributed by atoms with van der Waals surface area (Å²) in [6.45, 7) is 6.38. The van der Waals surface area contributed by atoms with E-state index < -0.39 is 0 Å². The normalized spacial score (nSPS) is 22.8. The van der Waals surface area contributed by atoms with Crippen molar-refractivity contribution in [2.45, 2.75) is 38.8 Å². The zero-order valence-electron chi connectivity index (χ0n) is 14.7. The van der Waals surface area contributed by atoms with Gasteiger partial charge in [-0.1, -0.05) is 49.4 Å². The van der Waals surface area contributed by atoms with E-state index >= 15 is 0 Å². The van der Waals surface area contributed by atoms with Gasteiger partial charge in [0.1, 0.15) is 0 Å². The molecule has 2 aromatic rings. The second-order valence-corrected chi connectivity index (χ2v) is 7.63. The van der Waals surface area contributed by atoms with Gasteiger partial charge in [-0.2, -0.15) is 0 Å². The van der Waals surface area contributed by atoms with Gasteiger partial charge >= 0.3 is 0 Å². The number of hydrogen-bond donors (Lipinski definition) is 0. The predicted octanol–water partition coefficient (Wildman–Crippen LogP) is 4.14. The fourth-order valence-electron chi connectivity index (χ4n) is 4.30. The van der Waals surface area contributed by atoms with Crippen LogP contribution in [-0.4, -0.2) is 34.4 Å². The molecule has 1 saturated heterocycles. The summed E-state index contributed by atoms with van der Waals surface area (Å²) in [6.07, 6.45) is 0.984. The number of aryl methyl sites for hydroxylation is 2. The van der Waals surface area contributed by atoms with Gasteiger partial charge in [-0.15, -0.1) is 0 Å². The summed E-state index contributed by atoms with van der Waals surface area (Å²) in [4.78, 5) is 15.4. The lowest BCUT2D eigenvalue weighted by Gasteiger charge is -2.39. The number of hydrogen-bond acceptors (Lipinski definition) is 2. The Labute approximate surface area is 154 Å². The van der Waals surface area contributed by atoms with Crippen molar-refractivity contribution in [2.75, 3.05) is 13.1 Å². The number of benzene rings is 2. The van der Waals surface area contributed by atoms with E-state index in [-0.39, 0.29) is 11.9 Å². The maximum absolute atomic E-state index is 13.4. The Kier molecular flexibility index (Phi) is 4.30. The smallest absolute Gasteiger partial charge is 0.255 e. The van der Waals surface area contributed by atoms with Crippen LogP contribution in [0.3, 0.4) is 0 Å². The molecule has 0 N–H and O–H groups in total. The molecule has 2 heterocycles. The zero-order chi connectivity index (χ0) is 17.6. The van der Waals surface area contributed by atoms with Crippen LogP contribution in [0.1, 0.15) is 45.5 Å². The van der Waals surface area contributed by atoms with E-state index in [1.165, 1.54) is 11.1 Å². The van der Waals surface area contributed by atoms with E-state index in [0.29, 0.717) is 12.5 Å². The summed E-state index contributed by atoms with van der Waals surface area (Å²) in [5.74, 6) is 0.436. The molecule has 4 rings (SSSR count). The molecule has 0 aliphatic carbocycles. The first-order valence-electron chi connectivity index (χ1n) is 8.97. The summed E-state index contributed by atoms with van der Waals surface area (Å²) in [5.41, 5.74) is 5.63. The van der Waals surface area contributed by atoms with Gasteiger partial charge in [0.2, 0.25) is 0 Å². The molecule has 25 heavy (non-hydrogen) atoms. The van der Waals surface area contributed by atoms with Gasteiger partial charge in [-0.05, 0) is 47.4 Å². The van der Waals surface area contributed by atoms with Crippen LogP contribution >= 0.6 is 11.8 Å². The largest absolute Gasteiger partial charge is 0.329 e. The average Bonchev–Trinajstić information content (AvgIpc) is 3.00. The first-order valence-corrected chi connectivity index (χ1v) is 9.31. The van der Waals surface area contributed by atoms with E-state index in [0.717, 1.165) is 36.2 Å². The summed E-state index contributed by atoms with van der Waals surface area (Å²) in [6, 6.07) is 14.7. The fourth-order valence-corrected chi connectivity index (χ4v) is 4.59. The molecule has 0 bridgehead atoms. The molecule has 2 aliphatic rings. The number of halogens is 1. The molecule has 0 aromatic heterocycles. The van der Waals surface area contributed by atoms with Crippen molar-refractivity contribution in [3.05, 3.63) is 70.3 Å². The highest BCUT2D eigenvalue weighted by atomic mass is 35.5. The number of carbonyl (C=O) groups excluding carboxylic acids is 1. The lowest BCUT2D eigenvalue weighted by Crippen LogP contribution is -2.47. The van der Waals surface area contributed by atoms with Crippen molar-refractivity contribution in [2.24, 2.45) is 0 Å². The minimum atomic E-state index is 0.143. The highest BCUT2D eigenvalue weighted by Crippen LogP contribution is 2.41. The molecule has 2 aromatic carbocycles. The average molecular weight is 355 g/mol. The molecule has 0 spiro atoms. The molecule has 2 atom stereocenters. The highest BCUT2D eigenvalue weighted by molar-refractivity contribution is 6.13. The van der Waals surface area contributed by atoms with Crippen molar-refractivity contribution < 1.29 is 4.79 Å². The van der Waals surface area contributed by atoms with Crippen LogP contribution in [0.25, 0.3) is 0 Å². The molecule has 0 saturated carbocycles. The van der Waals surface area contributed by atoms with Crippen LogP contribution in [0.2, 0.25) is 0 Å². The first-order chi connectivity index (χ1) is 12.1. The predicted molar refractivity (Wildman–Crippen MR) is 101 cm³/mol. The number of amides is 1. The third-order valence-electron chi connectivity index (χ3n) is 5.55. The van der Waals surface area contributed by atoms with Crippen molar-refractivity contribution in [1.29, 1.82) is 0 Å². The Morgan fingerprint density at radius 2 is 1.88 bits per heavy atom. The van der Waals surface area contributed by atoms with E-state index in [2.05, 4.69) is 38.1 Å². The van der Waals surface area contributed by atoms with Crippen molar-refractivity contribution in [3.8, 4) is 0 Å². The van der Waals surface area contributed by atoms with Gasteiger partial charge < -0.3 is 4.90 Å². The van der Waals surface area contributed by atoms with E-state index in [9.17, 15) is 4.79 Å². The summed E-state index contributed by atoms with van der Waals surface area (Å²) in [7, 11) is 0. The molecule has 3 nitrogen and oxygen atoms in total. The maximum Gasteiger partial charge on any atom is 0.255 e. The van der Waals surface area contributed by atoms with Crippen molar-refractivity contribution in [1.82, 2.24) is 9.32 Å². The Morgan fingerprint density at radius 3 is 2.60 bits per heavy atom. The summed E-state index contributed by atoms with van der Waals surface area (Å²) in [5, 5.41) is 0. The monoisotopic (exact) mass is 354 g/mol. The number of rotatable bonds is 3. The standard InChI is InChI=1S/C21H23ClN2O/c1-3-15-9-14(2)20-17(10-15)18-12-23(22)13-19(18)24(21(20)25)11-16-7-5-4-6-8-16/h4-10,18-19H,3,11-13H2,1-2H3/t18-,19+/m0/s1. The van der Waals surface area contributed by atoms with Crippen LogP contribution < -0.4 is 0 Å². The van der Waals surface area contributed by atoms with Crippen LogP contribution in [0.4, 0.5) is 0 Å². The molecule has 0 unspecified atom stereocenters. The molecule has 1 amide bonds. The van der Waals surface area contributed by atoms with Crippen LogP contribution in [-0.2, 0) is 13.0 Å². The van der Waals surface area contributed by atoms with Gasteiger partial charge in [0.15, 0.2) is 0 Å². The Hall–Kier alpha value is -1.84. The van der Waals surface area contributed by atoms with Gasteiger partial charge in [-0.25, -0.2) is 4.42 Å². The Bertz CT molecular complexity index is 805. The highest BCUT2D eigenvalue weighted by Gasteiger charge is 2.45. The van der Waals surface area contributed by atoms with Crippen LogP contribution in [0, 0.1) is 6.92 Å². The minimum absolute atomic E-state index is 0.143. The SMILES string of the molecule is CCc1cc(C)c2c(c1)[C@@H]1CN(Cl)C[C@H]1N(Cc1ccccc1)C2=O. The second kappa shape index (κ2) is 6.47. The molecular weight excluding hydrogens is 332 g/mol. The lowest BCUT2D eigenvalue weighted by molar-refractivity contribution is 0.0626. The van der Waals surface area contributed by atoms with E-state index in [4.69, 9.17) is 11.8 Å². The van der Waals surface area contributed by atoms with Gasteiger partial charge in [0.05, 0.1) is 6.04 Å². The quantitative estimate of drug-likeness (QED) is 0.773. The van der Waals surface area contributed by atoms with Crippen LogP contribution in [0.15, 0.2) is 42.5 Å². The number of nitrogens with zero attached hydrogens (tertiary/aromatic N) is 2. The van der Waals surface area contributed by atoms with Gasteiger partial charge in [0, 0.05) is 31.1 Å². The van der Waals surface area contributed by atoms with Gasteiger partial charge in [0.25, 0.3) is 5.91 Å². The zero-order valence-corrected chi connectivity index (χ0v) is 15.5. The summed E-state index contributed by atoms with van der Waals surface area (Å²) < 4.78 is 1.84. The van der Waals surface area contributed by atoms with Crippen LogP contribution in [0.5, 0.6) is 0 Å². The van der Waals surface area contributed by atoms with E-state index in [1.54, 1.807) is 0 Å². The minimum Gasteiger partial charge on any atom is -0.329 e. The first kappa shape index (κ1) is 16.6. The van der Waals surface area contributed by atoms with E-state index in [1.807, 2.05) is 27.5 Å². The third kappa shape index (κ3) is 2.86. The lowest BCUT2D eigenvalue weighted by atomic mass is 9.81.